The first-order valence-electron chi connectivity index (χ1n) is 9.55. The number of halogens is 3. The third kappa shape index (κ3) is 4.29. The highest BCUT2D eigenvalue weighted by molar-refractivity contribution is 6.30. The fourth-order valence-electron chi connectivity index (χ4n) is 3.59. The van der Waals surface area contributed by atoms with E-state index in [2.05, 4.69) is 5.32 Å². The number of phenolic OH excluding ortho intramolecular Hbond substituents is 1. The molecular formula is C22H19ClF2N2O5. The van der Waals surface area contributed by atoms with Crippen LogP contribution in [0.25, 0.3) is 10.9 Å². The van der Waals surface area contributed by atoms with E-state index >= 15 is 0 Å². The van der Waals surface area contributed by atoms with Crippen LogP contribution in [0.5, 0.6) is 5.75 Å². The van der Waals surface area contributed by atoms with Gasteiger partial charge in [0.15, 0.2) is 11.6 Å². The molecule has 0 aliphatic rings. The smallest absolute Gasteiger partial charge is 0.305 e. The maximum atomic E-state index is 14.2. The largest absolute Gasteiger partial charge is 0.505 e. The maximum Gasteiger partial charge on any atom is 0.305 e. The zero-order valence-corrected chi connectivity index (χ0v) is 17.8. The Morgan fingerprint density at radius 1 is 1.16 bits per heavy atom. The van der Waals surface area contributed by atoms with Gasteiger partial charge in [-0.05, 0) is 43.7 Å². The number of hydrogen-bond donors (Lipinski definition) is 3. The number of benzene rings is 2. The summed E-state index contributed by atoms with van der Waals surface area (Å²) >= 11 is 5.69. The van der Waals surface area contributed by atoms with E-state index in [4.69, 9.17) is 16.7 Å². The molecule has 0 saturated heterocycles. The molecule has 0 unspecified atom stereocenters. The van der Waals surface area contributed by atoms with Gasteiger partial charge < -0.3 is 15.5 Å². The van der Waals surface area contributed by atoms with Crippen molar-refractivity contribution in [1.29, 1.82) is 0 Å². The van der Waals surface area contributed by atoms with Gasteiger partial charge in [-0.3, -0.25) is 19.0 Å². The minimum Gasteiger partial charge on any atom is -0.505 e. The molecule has 32 heavy (non-hydrogen) atoms. The molecule has 0 aliphatic carbocycles. The number of phenols is 1. The van der Waals surface area contributed by atoms with Crippen molar-refractivity contribution in [1.82, 2.24) is 9.88 Å². The van der Waals surface area contributed by atoms with Gasteiger partial charge in [-0.1, -0.05) is 11.6 Å². The van der Waals surface area contributed by atoms with E-state index in [1.54, 1.807) is 0 Å². The number of carboxylic acids is 1. The van der Waals surface area contributed by atoms with Crippen molar-refractivity contribution in [2.24, 2.45) is 0 Å². The first kappa shape index (κ1) is 23.2. The van der Waals surface area contributed by atoms with E-state index in [9.17, 15) is 28.3 Å². The summed E-state index contributed by atoms with van der Waals surface area (Å²) in [6, 6.07) is 5.56. The number of carbonyl (C=O) groups is 3. The summed E-state index contributed by atoms with van der Waals surface area (Å²) in [4.78, 5) is 36.5. The number of carbonyl (C=O) groups excluding carboxylic acids is 2. The van der Waals surface area contributed by atoms with Crippen LogP contribution in [0, 0.1) is 18.6 Å². The van der Waals surface area contributed by atoms with Crippen LogP contribution in [0.2, 0.25) is 5.02 Å². The number of nitrogens with zero attached hydrogens (tertiary/aromatic N) is 1. The third-order valence-electron chi connectivity index (χ3n) is 5.16. The van der Waals surface area contributed by atoms with Gasteiger partial charge in [0.2, 0.25) is 5.91 Å². The molecule has 3 rings (SSSR count). The monoisotopic (exact) mass is 464 g/mol. The number of rotatable bonds is 6. The molecule has 0 bridgehead atoms. The Morgan fingerprint density at radius 2 is 1.84 bits per heavy atom. The van der Waals surface area contributed by atoms with E-state index in [0.717, 1.165) is 22.8 Å². The van der Waals surface area contributed by atoms with E-state index < -0.39 is 41.1 Å². The number of fused-ring (bicyclic) bond motifs is 1. The predicted octanol–water partition coefficient (Wildman–Crippen LogP) is 3.97. The van der Waals surface area contributed by atoms with Crippen LogP contribution < -0.4 is 5.32 Å². The molecule has 2 aromatic carbocycles. The van der Waals surface area contributed by atoms with Crippen LogP contribution in [0.1, 0.15) is 40.9 Å². The molecule has 1 aromatic heterocycles. The lowest BCUT2D eigenvalue weighted by Crippen LogP contribution is -2.30. The Kier molecular flexibility index (Phi) is 6.50. The van der Waals surface area contributed by atoms with E-state index in [-0.39, 0.29) is 40.1 Å². The summed E-state index contributed by atoms with van der Waals surface area (Å²) < 4.78 is 29.2. The zero-order chi connectivity index (χ0) is 23.7. The van der Waals surface area contributed by atoms with Gasteiger partial charge in [-0.25, -0.2) is 8.78 Å². The highest BCUT2D eigenvalue weighted by atomic mass is 35.5. The second-order valence-electron chi connectivity index (χ2n) is 7.25. The number of aromatic nitrogens is 1. The molecule has 0 radical (unpaired) electrons. The van der Waals surface area contributed by atoms with Crippen LogP contribution in [-0.4, -0.2) is 39.1 Å². The Morgan fingerprint density at radius 3 is 2.47 bits per heavy atom. The normalized spacial score (nSPS) is 12.0. The minimum atomic E-state index is -1.08. The molecule has 1 heterocycles. The summed E-state index contributed by atoms with van der Waals surface area (Å²) in [7, 11) is 0. The summed E-state index contributed by atoms with van der Waals surface area (Å²) in [5, 5.41) is 21.2. The predicted molar refractivity (Wildman–Crippen MR) is 113 cm³/mol. The molecule has 1 amide bonds. The fraction of sp³-hybridized carbons (Fsp3) is 0.227. The standard InChI is InChI=1S/C22H19ClF2N2O5/c1-10(21(31)26-6-5-19(29)30)20-11(2)27(17-9-16(25)18(28)8-13(17)20)22(32)12-3-4-14(23)15(24)7-12/h3-4,7-10,28H,5-6H2,1-2H3,(H,26,31)(H,29,30)/t10-/m0/s1. The number of carboxylic acid groups (broad SMARTS) is 1. The van der Waals surface area contributed by atoms with Gasteiger partial charge in [0.05, 0.1) is 22.9 Å². The van der Waals surface area contributed by atoms with Crippen molar-refractivity contribution in [3.05, 3.63) is 63.8 Å². The molecule has 168 valence electrons. The molecule has 10 heteroatoms. The molecular weight excluding hydrogens is 446 g/mol. The average Bonchev–Trinajstić information content (AvgIpc) is 2.99. The van der Waals surface area contributed by atoms with Crippen LogP contribution in [0.15, 0.2) is 30.3 Å². The molecule has 1 atom stereocenters. The number of amides is 1. The van der Waals surface area contributed by atoms with Gasteiger partial charge in [-0.15, -0.1) is 0 Å². The average molecular weight is 465 g/mol. The zero-order valence-electron chi connectivity index (χ0n) is 17.1. The number of aromatic hydroxyl groups is 1. The lowest BCUT2D eigenvalue weighted by Gasteiger charge is -2.13. The van der Waals surface area contributed by atoms with Gasteiger partial charge >= 0.3 is 5.97 Å². The topological polar surface area (TPSA) is 109 Å². The molecule has 7 nitrogen and oxygen atoms in total. The van der Waals surface area contributed by atoms with Gasteiger partial charge in [0.25, 0.3) is 5.91 Å². The highest BCUT2D eigenvalue weighted by Gasteiger charge is 2.28. The molecule has 0 spiro atoms. The van der Waals surface area contributed by atoms with Gasteiger partial charge in [0.1, 0.15) is 5.82 Å². The van der Waals surface area contributed by atoms with Crippen molar-refractivity contribution < 1.29 is 33.4 Å². The molecule has 0 aliphatic heterocycles. The number of nitrogens with one attached hydrogen (secondary N) is 1. The molecule has 3 aromatic rings. The molecule has 3 N–H and O–H groups in total. The fourth-order valence-corrected chi connectivity index (χ4v) is 3.71. The van der Waals surface area contributed by atoms with Crippen molar-refractivity contribution in [3.8, 4) is 5.75 Å². The van der Waals surface area contributed by atoms with Crippen molar-refractivity contribution in [2.75, 3.05) is 6.54 Å². The van der Waals surface area contributed by atoms with Crippen LogP contribution in [0.4, 0.5) is 8.78 Å². The van der Waals surface area contributed by atoms with Crippen molar-refractivity contribution in [2.45, 2.75) is 26.2 Å². The quantitative estimate of drug-likeness (QED) is 0.511. The summed E-state index contributed by atoms with van der Waals surface area (Å²) in [6.07, 6.45) is -0.272. The Labute approximate surface area is 186 Å². The first-order chi connectivity index (χ1) is 15.0. The first-order valence-corrected chi connectivity index (χ1v) is 9.93. The van der Waals surface area contributed by atoms with Gasteiger partial charge in [-0.2, -0.15) is 0 Å². The second kappa shape index (κ2) is 8.96. The molecule has 0 fully saturated rings. The van der Waals surface area contributed by atoms with E-state index in [1.807, 2.05) is 0 Å². The number of aliphatic carboxylic acids is 1. The maximum absolute atomic E-state index is 14.2. The van der Waals surface area contributed by atoms with Crippen molar-refractivity contribution in [3.63, 3.8) is 0 Å². The summed E-state index contributed by atoms with van der Waals surface area (Å²) in [5.41, 5.74) is 0.654. The Hall–Kier alpha value is -3.46. The Balaban J connectivity index is 2.14. The lowest BCUT2D eigenvalue weighted by atomic mass is 9.96. The van der Waals surface area contributed by atoms with Crippen LogP contribution in [0.3, 0.4) is 0 Å². The van der Waals surface area contributed by atoms with Crippen LogP contribution >= 0.6 is 11.6 Å². The second-order valence-corrected chi connectivity index (χ2v) is 7.65. The van der Waals surface area contributed by atoms with Crippen LogP contribution in [-0.2, 0) is 9.59 Å². The van der Waals surface area contributed by atoms with E-state index in [0.29, 0.717) is 5.56 Å². The van der Waals surface area contributed by atoms with Gasteiger partial charge in [0, 0.05) is 29.3 Å². The molecule has 0 saturated carbocycles. The summed E-state index contributed by atoms with van der Waals surface area (Å²) in [5.74, 6) is -5.59. The lowest BCUT2D eigenvalue weighted by molar-refractivity contribution is -0.136. The SMILES string of the molecule is Cc1c([C@H](C)C(=O)NCCC(=O)O)c2cc(O)c(F)cc2n1C(=O)c1ccc(Cl)c(F)c1. The Bertz CT molecular complexity index is 1260. The summed E-state index contributed by atoms with van der Waals surface area (Å²) in [6.45, 7) is 2.98. The number of hydrogen-bond acceptors (Lipinski definition) is 4. The third-order valence-corrected chi connectivity index (χ3v) is 5.46. The minimum absolute atomic E-state index is 0.0505. The highest BCUT2D eigenvalue weighted by Crippen LogP contribution is 2.36. The van der Waals surface area contributed by atoms with Crippen molar-refractivity contribution >= 4 is 40.3 Å². The van der Waals surface area contributed by atoms with E-state index in [1.165, 1.54) is 26.0 Å².